The second kappa shape index (κ2) is 4.67. The second-order valence-electron chi connectivity index (χ2n) is 3.64. The van der Waals surface area contributed by atoms with Crippen LogP contribution in [0.4, 0.5) is 6.01 Å². The van der Waals surface area contributed by atoms with Gasteiger partial charge in [-0.2, -0.15) is 10.1 Å². The summed E-state index contributed by atoms with van der Waals surface area (Å²) in [5.74, 6) is 0. The Hall–Kier alpha value is -2.69. The Labute approximate surface area is 103 Å². The van der Waals surface area contributed by atoms with Crippen LogP contribution < -0.4 is 5.43 Å². The fourth-order valence-electron chi connectivity index (χ4n) is 1.53. The fraction of sp³-hybridized carbons (Fsp3) is 0. The first kappa shape index (κ1) is 10.5. The highest BCUT2D eigenvalue weighted by molar-refractivity contribution is 5.80. The van der Waals surface area contributed by atoms with Gasteiger partial charge in [-0.05, 0) is 29.8 Å². The van der Waals surface area contributed by atoms with Gasteiger partial charge in [-0.15, -0.1) is 0 Å². The molecule has 0 spiro atoms. The quantitative estimate of drug-likeness (QED) is 0.562. The maximum atomic E-state index is 5.46. The van der Waals surface area contributed by atoms with E-state index < -0.39 is 0 Å². The Bertz CT molecular complexity index is 643. The van der Waals surface area contributed by atoms with Crippen molar-refractivity contribution in [1.82, 2.24) is 9.97 Å². The summed E-state index contributed by atoms with van der Waals surface area (Å²) in [6.45, 7) is 0. The van der Waals surface area contributed by atoms with Gasteiger partial charge in [0.1, 0.15) is 5.52 Å². The van der Waals surface area contributed by atoms with E-state index in [9.17, 15) is 0 Å². The molecule has 0 saturated carbocycles. The maximum Gasteiger partial charge on any atom is 0.316 e. The van der Waals surface area contributed by atoms with Gasteiger partial charge in [-0.25, -0.2) is 5.43 Å². The van der Waals surface area contributed by atoms with Crippen molar-refractivity contribution < 1.29 is 4.42 Å². The molecule has 3 aromatic rings. The number of hydrazone groups is 1. The van der Waals surface area contributed by atoms with Crippen LogP contribution in [-0.4, -0.2) is 16.2 Å². The lowest BCUT2D eigenvalue weighted by molar-refractivity contribution is 0.617. The highest BCUT2D eigenvalue weighted by atomic mass is 16.4. The van der Waals surface area contributed by atoms with Crippen molar-refractivity contribution in [3.63, 3.8) is 0 Å². The number of rotatable bonds is 3. The topological polar surface area (TPSA) is 63.3 Å². The van der Waals surface area contributed by atoms with Crippen LogP contribution in [-0.2, 0) is 0 Å². The van der Waals surface area contributed by atoms with Gasteiger partial charge in [-0.3, -0.25) is 4.98 Å². The van der Waals surface area contributed by atoms with Crippen molar-refractivity contribution in [3.8, 4) is 0 Å². The van der Waals surface area contributed by atoms with Crippen LogP contribution in [0.25, 0.3) is 11.1 Å². The van der Waals surface area contributed by atoms with E-state index in [1.165, 1.54) is 0 Å². The molecular weight excluding hydrogens is 228 g/mol. The molecule has 2 heterocycles. The van der Waals surface area contributed by atoms with Crippen molar-refractivity contribution in [1.29, 1.82) is 0 Å². The number of hydrogen-bond donors (Lipinski definition) is 1. The fourth-order valence-corrected chi connectivity index (χ4v) is 1.53. The Kier molecular flexibility index (Phi) is 2.71. The van der Waals surface area contributed by atoms with Gasteiger partial charge in [0.05, 0.1) is 6.21 Å². The predicted octanol–water partition coefficient (Wildman–Crippen LogP) is 2.67. The summed E-state index contributed by atoms with van der Waals surface area (Å²) >= 11 is 0. The van der Waals surface area contributed by atoms with E-state index in [1.807, 2.05) is 36.4 Å². The molecule has 0 amide bonds. The summed E-state index contributed by atoms with van der Waals surface area (Å²) in [7, 11) is 0. The summed E-state index contributed by atoms with van der Waals surface area (Å²) in [6, 6.07) is 11.7. The van der Waals surface area contributed by atoms with Gasteiger partial charge < -0.3 is 4.42 Å². The molecule has 3 rings (SSSR count). The first-order chi connectivity index (χ1) is 8.92. The Morgan fingerprint density at radius 2 is 1.94 bits per heavy atom. The minimum absolute atomic E-state index is 0.376. The normalized spacial score (nSPS) is 11.1. The van der Waals surface area contributed by atoms with Crippen LogP contribution in [0.15, 0.2) is 58.3 Å². The predicted molar refractivity (Wildman–Crippen MR) is 69.5 cm³/mol. The molecule has 1 aromatic carbocycles. The molecule has 5 nitrogen and oxygen atoms in total. The summed E-state index contributed by atoms with van der Waals surface area (Å²) in [5.41, 5.74) is 5.25. The van der Waals surface area contributed by atoms with E-state index >= 15 is 0 Å². The Morgan fingerprint density at radius 1 is 1.11 bits per heavy atom. The molecule has 1 N–H and O–H groups in total. The van der Waals surface area contributed by atoms with Crippen molar-refractivity contribution in [2.75, 3.05) is 5.43 Å². The van der Waals surface area contributed by atoms with Crippen molar-refractivity contribution in [2.24, 2.45) is 5.10 Å². The first-order valence-electron chi connectivity index (χ1n) is 5.46. The van der Waals surface area contributed by atoms with Gasteiger partial charge in [-0.1, -0.05) is 12.1 Å². The molecule has 0 atom stereocenters. The molecule has 0 aliphatic heterocycles. The molecule has 5 heteroatoms. The molecule has 0 aliphatic carbocycles. The molecule has 0 bridgehead atoms. The number of benzene rings is 1. The van der Waals surface area contributed by atoms with E-state index in [-0.39, 0.29) is 0 Å². The van der Waals surface area contributed by atoms with E-state index in [4.69, 9.17) is 4.42 Å². The van der Waals surface area contributed by atoms with Gasteiger partial charge in [0.2, 0.25) is 0 Å². The summed E-state index contributed by atoms with van der Waals surface area (Å²) in [6.07, 6.45) is 5.10. The van der Waals surface area contributed by atoms with E-state index in [1.54, 1.807) is 18.6 Å². The standard InChI is InChI=1S/C13H10N4O/c1-2-4-12-11(3-1)16-13(18-12)17-15-9-10-5-7-14-8-6-10/h1-9H,(H,16,17)/b15-9+. The molecule has 88 valence electrons. The second-order valence-corrected chi connectivity index (χ2v) is 3.64. The lowest BCUT2D eigenvalue weighted by atomic mass is 10.3. The van der Waals surface area contributed by atoms with Crippen LogP contribution in [0, 0.1) is 0 Å². The van der Waals surface area contributed by atoms with E-state index in [0.29, 0.717) is 6.01 Å². The molecule has 0 unspecified atom stereocenters. The number of aromatic nitrogens is 2. The van der Waals surface area contributed by atoms with E-state index in [2.05, 4.69) is 20.5 Å². The Morgan fingerprint density at radius 3 is 2.78 bits per heavy atom. The third-order valence-electron chi connectivity index (χ3n) is 2.37. The highest BCUT2D eigenvalue weighted by Crippen LogP contribution is 2.17. The zero-order valence-corrected chi connectivity index (χ0v) is 9.45. The minimum atomic E-state index is 0.376. The zero-order chi connectivity index (χ0) is 12.2. The van der Waals surface area contributed by atoms with Gasteiger partial charge in [0.15, 0.2) is 5.58 Å². The third-order valence-corrected chi connectivity index (χ3v) is 2.37. The monoisotopic (exact) mass is 238 g/mol. The molecule has 0 fully saturated rings. The highest BCUT2D eigenvalue weighted by Gasteiger charge is 2.02. The number of nitrogens with zero attached hydrogens (tertiary/aromatic N) is 3. The number of nitrogens with one attached hydrogen (secondary N) is 1. The number of para-hydroxylation sites is 2. The summed E-state index contributed by atoms with van der Waals surface area (Å²) < 4.78 is 5.46. The lowest BCUT2D eigenvalue weighted by Gasteiger charge is -1.92. The third kappa shape index (κ3) is 2.20. The van der Waals surface area contributed by atoms with Crippen LogP contribution in [0.3, 0.4) is 0 Å². The number of oxazole rings is 1. The number of fused-ring (bicyclic) bond motifs is 1. The molecule has 0 aliphatic rings. The van der Waals surface area contributed by atoms with Gasteiger partial charge in [0, 0.05) is 12.4 Å². The number of pyridine rings is 1. The van der Waals surface area contributed by atoms with Crippen molar-refractivity contribution >= 4 is 23.3 Å². The molecule has 2 aromatic heterocycles. The first-order valence-corrected chi connectivity index (χ1v) is 5.46. The van der Waals surface area contributed by atoms with Gasteiger partial charge >= 0.3 is 6.01 Å². The smallest absolute Gasteiger partial charge is 0.316 e. The lowest BCUT2D eigenvalue weighted by Crippen LogP contribution is -1.90. The molecule has 0 saturated heterocycles. The van der Waals surface area contributed by atoms with Crippen molar-refractivity contribution in [3.05, 3.63) is 54.4 Å². The van der Waals surface area contributed by atoms with Crippen LogP contribution in [0.2, 0.25) is 0 Å². The largest absolute Gasteiger partial charge is 0.422 e. The van der Waals surface area contributed by atoms with Crippen LogP contribution >= 0.6 is 0 Å². The Balaban J connectivity index is 1.75. The average molecular weight is 238 g/mol. The average Bonchev–Trinajstić information content (AvgIpc) is 2.82. The summed E-state index contributed by atoms with van der Waals surface area (Å²) in [5, 5.41) is 4.05. The molecule has 0 radical (unpaired) electrons. The summed E-state index contributed by atoms with van der Waals surface area (Å²) in [4.78, 5) is 8.17. The number of anilines is 1. The maximum absolute atomic E-state index is 5.46. The van der Waals surface area contributed by atoms with Crippen LogP contribution in [0.5, 0.6) is 0 Å². The van der Waals surface area contributed by atoms with E-state index in [0.717, 1.165) is 16.7 Å². The van der Waals surface area contributed by atoms with Crippen molar-refractivity contribution in [2.45, 2.75) is 0 Å². The van der Waals surface area contributed by atoms with Crippen LogP contribution in [0.1, 0.15) is 5.56 Å². The molecular formula is C13H10N4O. The van der Waals surface area contributed by atoms with Gasteiger partial charge in [0.25, 0.3) is 0 Å². The number of hydrogen-bond acceptors (Lipinski definition) is 5. The molecule has 18 heavy (non-hydrogen) atoms. The zero-order valence-electron chi connectivity index (χ0n) is 9.45. The SMILES string of the molecule is C(=N\Nc1nc2ccccc2o1)/c1ccncc1. The minimum Gasteiger partial charge on any atom is -0.422 e.